The molecule has 0 bridgehead atoms. The maximum Gasteiger partial charge on any atom is 0.320 e. The zero-order chi connectivity index (χ0) is 21.0. The normalized spacial score (nSPS) is 15.9. The van der Waals surface area contributed by atoms with E-state index in [2.05, 4.69) is 35.9 Å². The van der Waals surface area contributed by atoms with Gasteiger partial charge in [0.25, 0.3) is 0 Å². The Balaban J connectivity index is 1.77. The van der Waals surface area contributed by atoms with Gasteiger partial charge in [-0.1, -0.05) is 76.9 Å². The highest BCUT2D eigenvalue weighted by atomic mass is 16.5. The second-order valence-electron chi connectivity index (χ2n) is 8.74. The summed E-state index contributed by atoms with van der Waals surface area (Å²) < 4.78 is 5.39. The number of ether oxygens (including phenoxy) is 1. The molecule has 1 heterocycles. The van der Waals surface area contributed by atoms with Crippen LogP contribution in [0.15, 0.2) is 12.2 Å². The molecule has 1 aliphatic heterocycles. The quantitative estimate of drug-likeness (QED) is 0.163. The molecule has 1 rings (SSSR count). The molecular weight excluding hydrogens is 360 g/mol. The summed E-state index contributed by atoms with van der Waals surface area (Å²) in [5.41, 5.74) is 0. The third kappa shape index (κ3) is 16.6. The van der Waals surface area contributed by atoms with Gasteiger partial charge in [0.15, 0.2) is 0 Å². The molecule has 0 unspecified atom stereocenters. The van der Waals surface area contributed by atoms with Crippen molar-refractivity contribution in [3.63, 3.8) is 0 Å². The van der Waals surface area contributed by atoms with E-state index in [-0.39, 0.29) is 5.97 Å². The van der Waals surface area contributed by atoms with Crippen LogP contribution in [0.5, 0.6) is 0 Å². The number of piperazine rings is 1. The molecule has 29 heavy (non-hydrogen) atoms. The summed E-state index contributed by atoms with van der Waals surface area (Å²) >= 11 is 0. The second kappa shape index (κ2) is 19.1. The molecule has 0 aromatic heterocycles. The third-order valence-electron chi connectivity index (χ3n) is 5.87. The van der Waals surface area contributed by atoms with Gasteiger partial charge in [-0.15, -0.1) is 0 Å². The molecule has 0 atom stereocenters. The molecule has 0 aromatic rings. The van der Waals surface area contributed by atoms with Gasteiger partial charge in [-0.3, -0.25) is 9.69 Å². The van der Waals surface area contributed by atoms with Gasteiger partial charge in [-0.05, 0) is 39.2 Å². The Labute approximate surface area is 181 Å². The van der Waals surface area contributed by atoms with Crippen LogP contribution in [0.4, 0.5) is 0 Å². The Morgan fingerprint density at radius 3 is 1.86 bits per heavy atom. The standard InChI is InChI=1S/C25H48N2O2/c1-3-4-5-6-7-8-9-10-11-12-13-14-15-16-17-18-23-29-25(28)24-27-21-19-26(2)20-22-27/h10-11H,3-9,12-24H2,1-2H3. The Kier molecular flexibility index (Phi) is 17.2. The number of allylic oxidation sites excluding steroid dienone is 2. The smallest absolute Gasteiger partial charge is 0.320 e. The summed E-state index contributed by atoms with van der Waals surface area (Å²) in [6.07, 6.45) is 23.0. The Morgan fingerprint density at radius 1 is 0.759 bits per heavy atom. The van der Waals surface area contributed by atoms with Crippen molar-refractivity contribution >= 4 is 5.97 Å². The Bertz CT molecular complexity index is 404. The van der Waals surface area contributed by atoms with Crippen LogP contribution in [0.25, 0.3) is 0 Å². The van der Waals surface area contributed by atoms with Gasteiger partial charge in [0.2, 0.25) is 0 Å². The fraction of sp³-hybridized carbons (Fsp3) is 0.880. The fourth-order valence-electron chi connectivity index (χ4n) is 3.77. The van der Waals surface area contributed by atoms with E-state index in [0.717, 1.165) is 32.6 Å². The average Bonchev–Trinajstić information content (AvgIpc) is 2.72. The summed E-state index contributed by atoms with van der Waals surface area (Å²) in [7, 11) is 2.13. The van der Waals surface area contributed by atoms with E-state index in [9.17, 15) is 4.79 Å². The highest BCUT2D eigenvalue weighted by molar-refractivity contribution is 5.71. The first-order chi connectivity index (χ1) is 14.2. The first-order valence-electron chi connectivity index (χ1n) is 12.4. The number of rotatable bonds is 18. The van der Waals surface area contributed by atoms with Crippen LogP contribution in [-0.2, 0) is 9.53 Å². The lowest BCUT2D eigenvalue weighted by Gasteiger charge is -2.31. The molecule has 0 aliphatic carbocycles. The number of hydrogen-bond acceptors (Lipinski definition) is 4. The molecule has 1 fully saturated rings. The summed E-state index contributed by atoms with van der Waals surface area (Å²) in [5, 5.41) is 0. The zero-order valence-corrected chi connectivity index (χ0v) is 19.5. The van der Waals surface area contributed by atoms with E-state index < -0.39 is 0 Å². The molecule has 1 aliphatic rings. The van der Waals surface area contributed by atoms with Crippen molar-refractivity contribution in [2.45, 2.75) is 96.8 Å². The highest BCUT2D eigenvalue weighted by Crippen LogP contribution is 2.10. The number of carbonyl (C=O) groups excluding carboxylic acids is 1. The van der Waals surface area contributed by atoms with Gasteiger partial charge < -0.3 is 9.64 Å². The number of unbranched alkanes of at least 4 members (excludes halogenated alkanes) is 12. The Morgan fingerprint density at radius 2 is 1.28 bits per heavy atom. The molecule has 0 saturated carbocycles. The van der Waals surface area contributed by atoms with Crippen LogP contribution in [-0.4, -0.2) is 62.1 Å². The van der Waals surface area contributed by atoms with Crippen molar-refractivity contribution in [3.05, 3.63) is 12.2 Å². The molecule has 4 nitrogen and oxygen atoms in total. The van der Waals surface area contributed by atoms with Crippen LogP contribution in [0.1, 0.15) is 96.8 Å². The molecule has 0 spiro atoms. The monoisotopic (exact) mass is 408 g/mol. The topological polar surface area (TPSA) is 32.8 Å². The first kappa shape index (κ1) is 26.2. The van der Waals surface area contributed by atoms with Gasteiger partial charge in [-0.2, -0.15) is 0 Å². The maximum atomic E-state index is 11.9. The van der Waals surface area contributed by atoms with Crippen molar-refractivity contribution in [1.29, 1.82) is 0 Å². The fourth-order valence-corrected chi connectivity index (χ4v) is 3.77. The minimum Gasteiger partial charge on any atom is -0.465 e. The molecule has 4 heteroatoms. The summed E-state index contributed by atoms with van der Waals surface area (Å²) in [6, 6.07) is 0. The van der Waals surface area contributed by atoms with Gasteiger partial charge in [0.1, 0.15) is 0 Å². The van der Waals surface area contributed by atoms with E-state index in [1.165, 1.54) is 83.5 Å². The molecule has 0 radical (unpaired) electrons. The van der Waals surface area contributed by atoms with Crippen molar-refractivity contribution in [2.24, 2.45) is 0 Å². The summed E-state index contributed by atoms with van der Waals surface area (Å²) in [6.45, 7) is 7.36. The number of likely N-dealkylation sites (N-methyl/N-ethyl adjacent to an activating group) is 1. The summed E-state index contributed by atoms with van der Waals surface area (Å²) in [5.74, 6) is -0.0534. The van der Waals surface area contributed by atoms with E-state index in [1.807, 2.05) is 0 Å². The molecular formula is C25H48N2O2. The average molecular weight is 409 g/mol. The molecule has 0 N–H and O–H groups in total. The zero-order valence-electron chi connectivity index (χ0n) is 19.5. The van der Waals surface area contributed by atoms with E-state index in [0.29, 0.717) is 13.2 Å². The van der Waals surface area contributed by atoms with Gasteiger partial charge in [-0.25, -0.2) is 0 Å². The van der Waals surface area contributed by atoms with E-state index >= 15 is 0 Å². The maximum absolute atomic E-state index is 11.9. The Hall–Kier alpha value is -0.870. The lowest BCUT2D eigenvalue weighted by atomic mass is 10.1. The minimum atomic E-state index is -0.0534. The van der Waals surface area contributed by atoms with Crippen molar-refractivity contribution in [3.8, 4) is 0 Å². The van der Waals surface area contributed by atoms with Crippen LogP contribution >= 0.6 is 0 Å². The third-order valence-corrected chi connectivity index (χ3v) is 5.87. The van der Waals surface area contributed by atoms with E-state index in [1.54, 1.807) is 0 Å². The molecule has 170 valence electrons. The molecule has 1 saturated heterocycles. The number of carbonyl (C=O) groups is 1. The molecule has 0 amide bonds. The van der Waals surface area contributed by atoms with Gasteiger partial charge >= 0.3 is 5.97 Å². The summed E-state index contributed by atoms with van der Waals surface area (Å²) in [4.78, 5) is 16.4. The second-order valence-corrected chi connectivity index (χ2v) is 8.74. The van der Waals surface area contributed by atoms with Crippen molar-refractivity contribution in [2.75, 3.05) is 46.4 Å². The van der Waals surface area contributed by atoms with Gasteiger partial charge in [0, 0.05) is 26.2 Å². The highest BCUT2D eigenvalue weighted by Gasteiger charge is 2.16. The lowest BCUT2D eigenvalue weighted by molar-refractivity contribution is -0.145. The van der Waals surface area contributed by atoms with Crippen LogP contribution in [0.2, 0.25) is 0 Å². The number of esters is 1. The van der Waals surface area contributed by atoms with Crippen molar-refractivity contribution < 1.29 is 9.53 Å². The first-order valence-corrected chi connectivity index (χ1v) is 12.4. The predicted octanol–water partition coefficient (Wildman–Crippen LogP) is 5.81. The van der Waals surface area contributed by atoms with Gasteiger partial charge in [0.05, 0.1) is 13.2 Å². The minimum absolute atomic E-state index is 0.0534. The van der Waals surface area contributed by atoms with Crippen LogP contribution in [0.3, 0.4) is 0 Å². The molecule has 0 aromatic carbocycles. The lowest BCUT2D eigenvalue weighted by Crippen LogP contribution is -2.46. The SMILES string of the molecule is CCCCCCCCC=CCCCCCCCCOC(=O)CN1CCN(C)CC1. The number of hydrogen-bond donors (Lipinski definition) is 0. The van der Waals surface area contributed by atoms with Crippen molar-refractivity contribution in [1.82, 2.24) is 9.80 Å². The predicted molar refractivity (Wildman–Crippen MR) is 124 cm³/mol. The largest absolute Gasteiger partial charge is 0.465 e. The van der Waals surface area contributed by atoms with E-state index in [4.69, 9.17) is 4.74 Å². The number of nitrogens with zero attached hydrogens (tertiary/aromatic N) is 2. The van der Waals surface area contributed by atoms with Crippen LogP contribution in [0, 0.1) is 0 Å². The van der Waals surface area contributed by atoms with Crippen LogP contribution < -0.4 is 0 Å².